The van der Waals surface area contributed by atoms with E-state index in [9.17, 15) is 19.2 Å². The predicted molar refractivity (Wildman–Crippen MR) is 127 cm³/mol. The van der Waals surface area contributed by atoms with Crippen LogP contribution in [0.4, 0.5) is 4.79 Å². The van der Waals surface area contributed by atoms with E-state index >= 15 is 0 Å². The number of benzene rings is 1. The average Bonchev–Trinajstić information content (AvgIpc) is 3.06. The third-order valence-corrected chi connectivity index (χ3v) is 7.54. The van der Waals surface area contributed by atoms with Crippen LogP contribution in [-0.2, 0) is 16.1 Å². The van der Waals surface area contributed by atoms with Gasteiger partial charge in [-0.3, -0.25) is 24.1 Å². The first kappa shape index (κ1) is 21.7. The van der Waals surface area contributed by atoms with Gasteiger partial charge < -0.3 is 9.47 Å². The number of carbonyl (C=O) groups excluding carboxylic acids is 3. The molecule has 1 aromatic carbocycles. The summed E-state index contributed by atoms with van der Waals surface area (Å²) in [5.41, 5.74) is 2.99. The van der Waals surface area contributed by atoms with Crippen LogP contribution in [0, 0.1) is 12.8 Å². The Hall–Kier alpha value is -3.13. The Morgan fingerprint density at radius 1 is 1.06 bits per heavy atom. The standard InChI is InChI=1S/C25H25N3O4S/c1-16-5-7-17(8-6-16)12-21-24(31)27(25(32)33-21)10-9-22(29)26-13-18-11-19(15-26)20-3-2-4-23(30)28(20)14-18/h2-8,12,18-19H,9-11,13-15H2,1H3/b21-12+/t18-,19-/m1/s1. The molecule has 2 aromatic rings. The summed E-state index contributed by atoms with van der Waals surface area (Å²) in [5.74, 6) is -0.0138. The van der Waals surface area contributed by atoms with Crippen molar-refractivity contribution in [1.29, 1.82) is 0 Å². The minimum atomic E-state index is -0.345. The Balaban J connectivity index is 1.22. The maximum Gasteiger partial charge on any atom is 0.293 e. The predicted octanol–water partition coefficient (Wildman–Crippen LogP) is 3.23. The molecule has 2 atom stereocenters. The molecule has 2 saturated heterocycles. The van der Waals surface area contributed by atoms with E-state index in [1.165, 1.54) is 4.90 Å². The smallest absolute Gasteiger partial charge is 0.293 e. The molecule has 3 aliphatic rings. The van der Waals surface area contributed by atoms with Gasteiger partial charge in [-0.1, -0.05) is 35.9 Å². The second kappa shape index (κ2) is 8.67. The molecule has 2 fully saturated rings. The lowest BCUT2D eigenvalue weighted by Gasteiger charge is -2.42. The molecule has 0 aliphatic carbocycles. The Morgan fingerprint density at radius 3 is 2.64 bits per heavy atom. The van der Waals surface area contributed by atoms with E-state index in [2.05, 4.69) is 0 Å². The van der Waals surface area contributed by atoms with Gasteiger partial charge in [0.25, 0.3) is 16.7 Å². The number of hydrogen-bond donors (Lipinski definition) is 0. The number of carbonyl (C=O) groups is 3. The number of likely N-dealkylation sites (tertiary alicyclic amines) is 1. The van der Waals surface area contributed by atoms with Crippen LogP contribution < -0.4 is 5.56 Å². The zero-order valence-corrected chi connectivity index (χ0v) is 19.2. The number of imide groups is 1. The number of hydrogen-bond acceptors (Lipinski definition) is 5. The van der Waals surface area contributed by atoms with Crippen LogP contribution >= 0.6 is 11.8 Å². The lowest BCUT2D eigenvalue weighted by molar-refractivity contribution is -0.134. The molecular weight excluding hydrogens is 438 g/mol. The minimum absolute atomic E-state index is 0.0139. The Bertz CT molecular complexity index is 1220. The fraction of sp³-hybridized carbons (Fsp3) is 0.360. The highest BCUT2D eigenvalue weighted by molar-refractivity contribution is 8.18. The SMILES string of the molecule is Cc1ccc(/C=C2/SC(=O)N(CCC(=O)N3C[C@H]4C[C@H](C3)c3cccc(=O)n3C4)C2=O)cc1. The summed E-state index contributed by atoms with van der Waals surface area (Å²) in [4.78, 5) is 53.7. The summed E-state index contributed by atoms with van der Waals surface area (Å²) < 4.78 is 1.83. The maximum atomic E-state index is 13.0. The summed E-state index contributed by atoms with van der Waals surface area (Å²) >= 11 is 0.917. The molecular formula is C25H25N3O4S. The molecule has 0 radical (unpaired) electrons. The quantitative estimate of drug-likeness (QED) is 0.651. The van der Waals surface area contributed by atoms with Crippen LogP contribution in [-0.4, -0.2) is 51.1 Å². The monoisotopic (exact) mass is 463 g/mol. The molecule has 2 bridgehead atoms. The summed E-state index contributed by atoms with van der Waals surface area (Å²) in [6, 6.07) is 13.1. The van der Waals surface area contributed by atoms with Crippen molar-refractivity contribution in [1.82, 2.24) is 14.4 Å². The van der Waals surface area contributed by atoms with Crippen molar-refractivity contribution in [3.05, 3.63) is 74.5 Å². The number of thioether (sulfide) groups is 1. The average molecular weight is 464 g/mol. The minimum Gasteiger partial charge on any atom is -0.342 e. The lowest BCUT2D eigenvalue weighted by Crippen LogP contribution is -2.49. The first-order valence-electron chi connectivity index (χ1n) is 11.2. The zero-order valence-electron chi connectivity index (χ0n) is 18.4. The topological polar surface area (TPSA) is 79.7 Å². The van der Waals surface area contributed by atoms with E-state index in [0.29, 0.717) is 24.5 Å². The van der Waals surface area contributed by atoms with Gasteiger partial charge in [-0.25, -0.2) is 0 Å². The first-order valence-corrected chi connectivity index (χ1v) is 12.0. The largest absolute Gasteiger partial charge is 0.342 e. The zero-order chi connectivity index (χ0) is 23.1. The highest BCUT2D eigenvalue weighted by atomic mass is 32.2. The molecule has 33 heavy (non-hydrogen) atoms. The van der Waals surface area contributed by atoms with Crippen molar-refractivity contribution < 1.29 is 14.4 Å². The van der Waals surface area contributed by atoms with Crippen molar-refractivity contribution in [3.63, 3.8) is 0 Å². The number of aromatic nitrogens is 1. The summed E-state index contributed by atoms with van der Waals surface area (Å²) in [6.07, 6.45) is 2.80. The number of rotatable bonds is 4. The van der Waals surface area contributed by atoms with Gasteiger partial charge in [-0.2, -0.15) is 0 Å². The van der Waals surface area contributed by atoms with Crippen molar-refractivity contribution >= 4 is 34.9 Å². The van der Waals surface area contributed by atoms with Crippen LogP contribution in [0.25, 0.3) is 6.08 Å². The molecule has 0 unspecified atom stereocenters. The molecule has 3 amide bonds. The number of piperidine rings is 1. The van der Waals surface area contributed by atoms with Gasteiger partial charge in [0.2, 0.25) is 5.91 Å². The number of nitrogens with zero attached hydrogens (tertiary/aromatic N) is 3. The van der Waals surface area contributed by atoms with Crippen molar-refractivity contribution in [3.8, 4) is 0 Å². The molecule has 0 spiro atoms. The molecule has 0 N–H and O–H groups in total. The lowest BCUT2D eigenvalue weighted by atomic mass is 9.83. The maximum absolute atomic E-state index is 13.0. The Morgan fingerprint density at radius 2 is 1.85 bits per heavy atom. The fourth-order valence-electron chi connectivity index (χ4n) is 4.97. The third-order valence-electron chi connectivity index (χ3n) is 6.63. The first-order chi connectivity index (χ1) is 15.9. The number of pyridine rings is 1. The van der Waals surface area contributed by atoms with E-state index in [1.807, 2.05) is 46.7 Å². The molecule has 7 nitrogen and oxygen atoms in total. The van der Waals surface area contributed by atoms with Gasteiger partial charge in [0.1, 0.15) is 0 Å². The molecule has 8 heteroatoms. The number of fused-ring (bicyclic) bond motifs is 4. The van der Waals surface area contributed by atoms with Crippen LogP contribution in [0.15, 0.2) is 52.2 Å². The third kappa shape index (κ3) is 4.27. The molecule has 5 rings (SSSR count). The van der Waals surface area contributed by atoms with Gasteiger partial charge in [0.05, 0.1) is 4.91 Å². The second-order valence-electron chi connectivity index (χ2n) is 8.99. The molecule has 4 heterocycles. The van der Waals surface area contributed by atoms with Crippen LogP contribution in [0.1, 0.15) is 35.6 Å². The van der Waals surface area contributed by atoms with E-state index in [4.69, 9.17) is 0 Å². The van der Waals surface area contributed by atoms with Crippen LogP contribution in [0.3, 0.4) is 0 Å². The molecule has 170 valence electrons. The highest BCUT2D eigenvalue weighted by Gasteiger charge is 2.38. The van der Waals surface area contributed by atoms with Crippen molar-refractivity contribution in [2.45, 2.75) is 32.2 Å². The van der Waals surface area contributed by atoms with Gasteiger partial charge in [0.15, 0.2) is 0 Å². The van der Waals surface area contributed by atoms with E-state index in [0.717, 1.165) is 35.0 Å². The van der Waals surface area contributed by atoms with Crippen molar-refractivity contribution in [2.75, 3.05) is 19.6 Å². The van der Waals surface area contributed by atoms with Crippen LogP contribution in [0.2, 0.25) is 0 Å². The molecule has 1 aromatic heterocycles. The Kier molecular flexibility index (Phi) is 5.70. The summed E-state index contributed by atoms with van der Waals surface area (Å²) in [7, 11) is 0. The summed E-state index contributed by atoms with van der Waals surface area (Å²) in [5, 5.41) is -0.338. The van der Waals surface area contributed by atoms with E-state index in [1.54, 1.807) is 18.2 Å². The van der Waals surface area contributed by atoms with Crippen LogP contribution in [0.5, 0.6) is 0 Å². The van der Waals surface area contributed by atoms with Gasteiger partial charge in [-0.15, -0.1) is 0 Å². The number of aryl methyl sites for hydroxylation is 1. The molecule has 0 saturated carbocycles. The highest BCUT2D eigenvalue weighted by Crippen LogP contribution is 2.36. The normalized spacial score (nSPS) is 23.2. The fourth-order valence-corrected chi connectivity index (χ4v) is 5.84. The van der Waals surface area contributed by atoms with E-state index < -0.39 is 0 Å². The Labute approximate surface area is 196 Å². The van der Waals surface area contributed by atoms with Crippen molar-refractivity contribution in [2.24, 2.45) is 5.92 Å². The van der Waals surface area contributed by atoms with E-state index in [-0.39, 0.29) is 47.4 Å². The second-order valence-corrected chi connectivity index (χ2v) is 9.98. The molecule has 3 aliphatic heterocycles. The number of amides is 3. The van der Waals surface area contributed by atoms with Gasteiger partial charge in [-0.05, 0) is 48.7 Å². The summed E-state index contributed by atoms with van der Waals surface area (Å²) in [6.45, 7) is 3.86. The van der Waals surface area contributed by atoms with Gasteiger partial charge in [0, 0.05) is 50.3 Å². The van der Waals surface area contributed by atoms with Gasteiger partial charge >= 0.3 is 0 Å².